The van der Waals surface area contributed by atoms with E-state index in [9.17, 15) is 0 Å². The number of anilines is 1. The molecule has 0 aliphatic carbocycles. The van der Waals surface area contributed by atoms with E-state index < -0.39 is 0 Å². The van der Waals surface area contributed by atoms with E-state index in [2.05, 4.69) is 56.5 Å². The van der Waals surface area contributed by atoms with Crippen molar-refractivity contribution in [2.24, 2.45) is 0 Å². The first-order chi connectivity index (χ1) is 10.9. The maximum Gasteiger partial charge on any atom is 0.151 e. The largest absolute Gasteiger partial charge is 0.361 e. The van der Waals surface area contributed by atoms with Gasteiger partial charge in [-0.2, -0.15) is 0 Å². The molecule has 1 fully saturated rings. The Morgan fingerprint density at radius 3 is 2.50 bits per heavy atom. The smallest absolute Gasteiger partial charge is 0.151 e. The fraction of sp³-hybridized carbons (Fsp3) is 0.333. The molecule has 0 atom stereocenters. The van der Waals surface area contributed by atoms with Crippen LogP contribution in [0.15, 0.2) is 42.6 Å². The Kier molecular flexibility index (Phi) is 3.51. The SMILES string of the molecule is c1cc2cc(-c3ccc(N4CCCCCC4)nn3)ccc2[nH]1. The average molecular weight is 292 g/mol. The van der Waals surface area contributed by atoms with E-state index in [1.807, 2.05) is 6.20 Å². The van der Waals surface area contributed by atoms with Crippen LogP contribution in [0.3, 0.4) is 0 Å². The highest BCUT2D eigenvalue weighted by molar-refractivity contribution is 5.84. The van der Waals surface area contributed by atoms with Crippen LogP contribution in [0.4, 0.5) is 5.82 Å². The van der Waals surface area contributed by atoms with E-state index in [0.29, 0.717) is 0 Å². The number of hydrogen-bond donors (Lipinski definition) is 1. The van der Waals surface area contributed by atoms with Gasteiger partial charge in [0, 0.05) is 35.8 Å². The summed E-state index contributed by atoms with van der Waals surface area (Å²) < 4.78 is 0. The van der Waals surface area contributed by atoms with Gasteiger partial charge in [-0.05, 0) is 43.2 Å². The van der Waals surface area contributed by atoms with Crippen LogP contribution < -0.4 is 4.90 Å². The predicted molar refractivity (Wildman–Crippen MR) is 90.0 cm³/mol. The molecule has 1 aromatic carbocycles. The van der Waals surface area contributed by atoms with Gasteiger partial charge >= 0.3 is 0 Å². The maximum atomic E-state index is 4.46. The van der Waals surface area contributed by atoms with Gasteiger partial charge in [-0.1, -0.05) is 18.9 Å². The van der Waals surface area contributed by atoms with Crippen LogP contribution in [-0.2, 0) is 0 Å². The first kappa shape index (κ1) is 13.3. The number of hydrogen-bond acceptors (Lipinski definition) is 3. The molecule has 1 N–H and O–H groups in total. The Labute approximate surface area is 130 Å². The zero-order valence-electron chi connectivity index (χ0n) is 12.6. The minimum absolute atomic E-state index is 0.932. The third-order valence-corrected chi connectivity index (χ3v) is 4.43. The summed E-state index contributed by atoms with van der Waals surface area (Å²) in [6.07, 6.45) is 7.14. The number of aromatic nitrogens is 3. The molecule has 112 valence electrons. The lowest BCUT2D eigenvalue weighted by molar-refractivity contribution is 0.726. The fourth-order valence-electron chi connectivity index (χ4n) is 3.16. The third kappa shape index (κ3) is 2.56. The van der Waals surface area contributed by atoms with E-state index in [1.165, 1.54) is 31.1 Å². The Balaban J connectivity index is 1.60. The molecule has 4 heteroatoms. The van der Waals surface area contributed by atoms with Crippen LogP contribution in [-0.4, -0.2) is 28.3 Å². The summed E-state index contributed by atoms with van der Waals surface area (Å²) >= 11 is 0. The molecule has 2 aromatic heterocycles. The maximum absolute atomic E-state index is 4.46. The molecular formula is C18H20N4. The standard InChI is InChI=1S/C18H20N4/c1-2-4-12-22(11-3-1)18-8-7-17(20-21-18)14-5-6-16-15(13-14)9-10-19-16/h5-10,13,19H,1-4,11-12H2. The summed E-state index contributed by atoms with van der Waals surface area (Å²) in [7, 11) is 0. The van der Waals surface area contributed by atoms with Gasteiger partial charge in [0.1, 0.15) is 0 Å². The lowest BCUT2D eigenvalue weighted by atomic mass is 10.1. The molecule has 0 bridgehead atoms. The van der Waals surface area contributed by atoms with Crippen molar-refractivity contribution >= 4 is 16.7 Å². The van der Waals surface area contributed by atoms with Crippen molar-refractivity contribution < 1.29 is 0 Å². The van der Waals surface area contributed by atoms with Crippen molar-refractivity contribution in [1.29, 1.82) is 0 Å². The van der Waals surface area contributed by atoms with Crippen LogP contribution in [0.2, 0.25) is 0 Å². The normalized spacial score (nSPS) is 15.9. The third-order valence-electron chi connectivity index (χ3n) is 4.43. The predicted octanol–water partition coefficient (Wildman–Crippen LogP) is 4.01. The van der Waals surface area contributed by atoms with Crippen LogP contribution in [0.1, 0.15) is 25.7 Å². The van der Waals surface area contributed by atoms with Crippen molar-refractivity contribution in [2.45, 2.75) is 25.7 Å². The molecular weight excluding hydrogens is 272 g/mol. The van der Waals surface area contributed by atoms with Gasteiger partial charge < -0.3 is 9.88 Å². The highest BCUT2D eigenvalue weighted by atomic mass is 15.3. The lowest BCUT2D eigenvalue weighted by Crippen LogP contribution is -2.25. The summed E-state index contributed by atoms with van der Waals surface area (Å²) in [5.74, 6) is 1.01. The molecule has 4 rings (SSSR count). The zero-order chi connectivity index (χ0) is 14.8. The number of nitrogens with zero attached hydrogens (tertiary/aromatic N) is 3. The summed E-state index contributed by atoms with van der Waals surface area (Å²) in [4.78, 5) is 5.57. The van der Waals surface area contributed by atoms with Crippen molar-refractivity contribution in [1.82, 2.24) is 15.2 Å². The number of rotatable bonds is 2. The van der Waals surface area contributed by atoms with Gasteiger partial charge in [0.15, 0.2) is 5.82 Å². The Morgan fingerprint density at radius 1 is 0.864 bits per heavy atom. The van der Waals surface area contributed by atoms with E-state index in [1.54, 1.807) is 0 Å². The Hall–Kier alpha value is -2.36. The molecule has 22 heavy (non-hydrogen) atoms. The van der Waals surface area contributed by atoms with Crippen molar-refractivity contribution in [3.05, 3.63) is 42.6 Å². The van der Waals surface area contributed by atoms with Gasteiger partial charge in [0.05, 0.1) is 5.69 Å². The van der Waals surface area contributed by atoms with Crippen LogP contribution in [0.25, 0.3) is 22.2 Å². The van der Waals surface area contributed by atoms with E-state index in [-0.39, 0.29) is 0 Å². The molecule has 1 saturated heterocycles. The van der Waals surface area contributed by atoms with E-state index in [0.717, 1.165) is 35.7 Å². The van der Waals surface area contributed by atoms with E-state index >= 15 is 0 Å². The summed E-state index contributed by atoms with van der Waals surface area (Å²) in [6, 6.07) is 12.6. The number of H-pyrrole nitrogens is 1. The highest BCUT2D eigenvalue weighted by Crippen LogP contribution is 2.23. The number of aromatic amines is 1. The highest BCUT2D eigenvalue weighted by Gasteiger charge is 2.12. The summed E-state index contributed by atoms with van der Waals surface area (Å²) in [6.45, 7) is 2.20. The second kappa shape index (κ2) is 5.79. The van der Waals surface area contributed by atoms with Crippen molar-refractivity contribution in [2.75, 3.05) is 18.0 Å². The van der Waals surface area contributed by atoms with Crippen LogP contribution in [0.5, 0.6) is 0 Å². The van der Waals surface area contributed by atoms with Crippen LogP contribution in [0, 0.1) is 0 Å². The number of fused-ring (bicyclic) bond motifs is 1. The van der Waals surface area contributed by atoms with E-state index in [4.69, 9.17) is 0 Å². The first-order valence-electron chi connectivity index (χ1n) is 8.06. The van der Waals surface area contributed by atoms with Crippen LogP contribution >= 0.6 is 0 Å². The van der Waals surface area contributed by atoms with Gasteiger partial charge in [-0.3, -0.25) is 0 Å². The molecule has 0 saturated carbocycles. The molecule has 0 amide bonds. The second-order valence-electron chi connectivity index (χ2n) is 5.96. The lowest BCUT2D eigenvalue weighted by Gasteiger charge is -2.20. The molecule has 1 aliphatic rings. The molecule has 0 radical (unpaired) electrons. The monoisotopic (exact) mass is 292 g/mol. The van der Waals surface area contributed by atoms with Crippen molar-refractivity contribution in [3.63, 3.8) is 0 Å². The molecule has 3 aromatic rings. The minimum Gasteiger partial charge on any atom is -0.361 e. The Morgan fingerprint density at radius 2 is 1.73 bits per heavy atom. The molecule has 4 nitrogen and oxygen atoms in total. The summed E-state index contributed by atoms with van der Waals surface area (Å²) in [5.41, 5.74) is 3.20. The second-order valence-corrected chi connectivity index (χ2v) is 5.96. The summed E-state index contributed by atoms with van der Waals surface area (Å²) in [5, 5.41) is 10.1. The van der Waals surface area contributed by atoms with Gasteiger partial charge in [-0.25, -0.2) is 0 Å². The number of benzene rings is 1. The van der Waals surface area contributed by atoms with Gasteiger partial charge in [0.25, 0.3) is 0 Å². The minimum atomic E-state index is 0.932. The molecule has 0 spiro atoms. The Bertz CT molecular complexity index is 752. The zero-order valence-corrected chi connectivity index (χ0v) is 12.6. The van der Waals surface area contributed by atoms with Gasteiger partial charge in [0.2, 0.25) is 0 Å². The number of nitrogens with one attached hydrogen (secondary N) is 1. The average Bonchev–Trinajstić information content (AvgIpc) is 2.87. The molecule has 0 unspecified atom stereocenters. The topological polar surface area (TPSA) is 44.8 Å². The van der Waals surface area contributed by atoms with Crippen molar-refractivity contribution in [3.8, 4) is 11.3 Å². The fourth-order valence-corrected chi connectivity index (χ4v) is 3.16. The van der Waals surface area contributed by atoms with Gasteiger partial charge in [-0.15, -0.1) is 10.2 Å². The first-order valence-corrected chi connectivity index (χ1v) is 8.06. The molecule has 1 aliphatic heterocycles. The quantitative estimate of drug-likeness (QED) is 0.776. The molecule has 3 heterocycles.